The number of ether oxygens (including phenoxy) is 7. The van der Waals surface area contributed by atoms with Gasteiger partial charge in [-0.1, -0.05) is 54.6 Å². The van der Waals surface area contributed by atoms with Crippen LogP contribution in [0.2, 0.25) is 0 Å². The van der Waals surface area contributed by atoms with Crippen LogP contribution in [0.15, 0.2) is 54.6 Å². The van der Waals surface area contributed by atoms with Crippen molar-refractivity contribution in [2.45, 2.75) is 95.2 Å². The van der Waals surface area contributed by atoms with E-state index < -0.39 is 41.8 Å². The van der Waals surface area contributed by atoms with Gasteiger partial charge in [-0.05, 0) is 87.9 Å². The standard InChI is InChI=1S/C50H56N4O10S/c1-26-17-28-18-36-38(20-51)54-37(42(53(36)6)40(28)46(44(26)59-8)61-24-58-7)19-33-41(47-45(62-25-63-47)27(2)43(33)55)39(54)21-60-48(56)35(52-49(57)64-50(3,4)5)23-65-22-34-31-15-11-9-13-29(31)30-14-10-12-16-32(30)34/h9-17,34-39,42,55H,18-19,21-25H2,1-8H3,(H,52,57)/t35-,36+,37?,38?,39+,42+/m1/s1. The lowest BCUT2D eigenvalue weighted by Gasteiger charge is -2.59. The summed E-state index contributed by atoms with van der Waals surface area (Å²) in [5.74, 6) is 2.37. The summed E-state index contributed by atoms with van der Waals surface area (Å²) in [6, 6.07) is 17.9. The highest BCUT2D eigenvalue weighted by Crippen LogP contribution is 2.58. The van der Waals surface area contributed by atoms with Crippen LogP contribution in [0.3, 0.4) is 0 Å². The van der Waals surface area contributed by atoms with Crippen molar-refractivity contribution in [1.29, 1.82) is 5.26 Å². The van der Waals surface area contributed by atoms with Crippen molar-refractivity contribution in [3.63, 3.8) is 0 Å². The number of aryl methyl sites for hydroxylation is 1. The Morgan fingerprint density at radius 1 is 0.985 bits per heavy atom. The molecule has 4 aromatic rings. The van der Waals surface area contributed by atoms with Crippen LogP contribution < -0.4 is 24.3 Å². The molecule has 1 amide bonds. The number of carbonyl (C=O) groups excluding carboxylic acids is 2. The maximum Gasteiger partial charge on any atom is 0.408 e. The fraction of sp³-hybridized carbons (Fsp3) is 0.460. The maximum atomic E-state index is 14.6. The third-order valence-corrected chi connectivity index (χ3v) is 14.6. The van der Waals surface area contributed by atoms with Crippen LogP contribution in [0.5, 0.6) is 28.7 Å². The molecule has 15 heteroatoms. The van der Waals surface area contributed by atoms with Gasteiger partial charge in [0.25, 0.3) is 0 Å². The molecule has 2 bridgehead atoms. The molecule has 0 spiro atoms. The monoisotopic (exact) mass is 904 g/mol. The van der Waals surface area contributed by atoms with Gasteiger partial charge in [-0.3, -0.25) is 9.80 Å². The number of rotatable bonds is 12. The number of benzene rings is 4. The minimum atomic E-state index is -1.08. The first-order valence-corrected chi connectivity index (χ1v) is 23.2. The quantitative estimate of drug-likeness (QED) is 0.106. The number of fused-ring (bicyclic) bond motifs is 12. The number of carbonyl (C=O) groups is 2. The molecule has 2 unspecified atom stereocenters. The number of nitrogens with zero attached hydrogens (tertiary/aromatic N) is 3. The summed E-state index contributed by atoms with van der Waals surface area (Å²) in [6.07, 6.45) is 0.120. The number of aromatic hydroxyl groups is 1. The summed E-state index contributed by atoms with van der Waals surface area (Å²) in [4.78, 5) is 32.3. The average molecular weight is 905 g/mol. The van der Waals surface area contributed by atoms with Gasteiger partial charge in [-0.25, -0.2) is 9.59 Å². The molecule has 2 N–H and O–H groups in total. The molecule has 6 atom stereocenters. The second-order valence-corrected chi connectivity index (χ2v) is 19.5. The first kappa shape index (κ1) is 44.5. The zero-order valence-electron chi connectivity index (χ0n) is 38.1. The van der Waals surface area contributed by atoms with Crippen LogP contribution in [0.1, 0.15) is 83.3 Å². The van der Waals surface area contributed by atoms with E-state index in [2.05, 4.69) is 51.5 Å². The number of nitrogens with one attached hydrogen (secondary N) is 1. The van der Waals surface area contributed by atoms with Gasteiger partial charge in [0.2, 0.25) is 6.79 Å². The molecule has 1 fully saturated rings. The van der Waals surface area contributed by atoms with Crippen LogP contribution in [0.4, 0.5) is 4.79 Å². The molecule has 4 aliphatic heterocycles. The molecule has 9 rings (SSSR count). The number of methoxy groups -OCH3 is 2. The fourth-order valence-electron chi connectivity index (χ4n) is 10.9. The number of piperazine rings is 1. The Bertz CT molecular complexity index is 2530. The van der Waals surface area contributed by atoms with Gasteiger partial charge in [-0.2, -0.15) is 17.0 Å². The van der Waals surface area contributed by atoms with Crippen molar-refractivity contribution < 1.29 is 47.9 Å². The van der Waals surface area contributed by atoms with Crippen molar-refractivity contribution >= 4 is 23.8 Å². The summed E-state index contributed by atoms with van der Waals surface area (Å²) in [6.45, 7) is 8.77. The summed E-state index contributed by atoms with van der Waals surface area (Å²) in [5, 5.41) is 26.0. The Kier molecular flexibility index (Phi) is 12.1. The van der Waals surface area contributed by atoms with E-state index in [1.54, 1.807) is 53.7 Å². The number of nitriles is 1. The molecule has 14 nitrogen and oxygen atoms in total. The predicted octanol–water partition coefficient (Wildman–Crippen LogP) is 7.48. The van der Waals surface area contributed by atoms with Gasteiger partial charge in [0.05, 0.1) is 25.3 Å². The second-order valence-electron chi connectivity index (χ2n) is 18.4. The molecule has 1 aliphatic carbocycles. The number of hydrogen-bond donors (Lipinski definition) is 2. The lowest BCUT2D eigenvalue weighted by Crippen LogP contribution is -2.68. The molecule has 1 saturated heterocycles. The van der Waals surface area contributed by atoms with Crippen LogP contribution in [-0.2, 0) is 31.8 Å². The van der Waals surface area contributed by atoms with E-state index in [0.717, 1.165) is 16.7 Å². The SMILES string of the molecule is COCOc1c(OC)c(C)cc2c1[C@@H]1C3Cc4c(O)c(C)c5c(c4[C@H](COC(=O)[C@@H](CSCC4c6ccccc6-c6ccccc64)NC(=O)OC(C)(C)C)N3C(C#N)[C@H](C2)N1C)OCO5. The number of likely N-dealkylation sites (N-methyl/N-ethyl adjacent to an activating group) is 1. The number of thioether (sulfide) groups is 1. The largest absolute Gasteiger partial charge is 0.507 e. The fourth-order valence-corrected chi connectivity index (χ4v) is 12.1. The van der Waals surface area contributed by atoms with Gasteiger partial charge >= 0.3 is 12.1 Å². The van der Waals surface area contributed by atoms with Crippen molar-refractivity contribution in [3.8, 4) is 45.9 Å². The van der Waals surface area contributed by atoms with Crippen molar-refractivity contribution in [3.05, 3.63) is 99.1 Å². The Labute approximate surface area is 384 Å². The molecule has 0 radical (unpaired) electrons. The molecule has 4 aromatic carbocycles. The second kappa shape index (κ2) is 17.6. The molecule has 5 aliphatic rings. The molecular formula is C50H56N4O10S. The number of alkyl carbamates (subject to hydrolysis) is 1. The molecule has 0 saturated carbocycles. The Morgan fingerprint density at radius 3 is 2.34 bits per heavy atom. The van der Waals surface area contributed by atoms with E-state index in [9.17, 15) is 20.0 Å². The third-order valence-electron chi connectivity index (χ3n) is 13.5. The highest BCUT2D eigenvalue weighted by Gasteiger charge is 2.57. The minimum absolute atomic E-state index is 0.00971. The third kappa shape index (κ3) is 7.77. The van der Waals surface area contributed by atoms with Crippen LogP contribution in [0.25, 0.3) is 11.1 Å². The molecule has 65 heavy (non-hydrogen) atoms. The zero-order chi connectivity index (χ0) is 45.9. The van der Waals surface area contributed by atoms with Crippen LogP contribution in [-0.4, -0.2) is 110 Å². The Balaban J connectivity index is 1.07. The average Bonchev–Trinajstić information content (AvgIpc) is 3.89. The summed E-state index contributed by atoms with van der Waals surface area (Å²) in [5.41, 5.74) is 8.66. The van der Waals surface area contributed by atoms with E-state index >= 15 is 0 Å². The van der Waals surface area contributed by atoms with Gasteiger partial charge in [0.15, 0.2) is 29.8 Å². The first-order chi connectivity index (χ1) is 31.3. The molecule has 4 heterocycles. The first-order valence-electron chi connectivity index (χ1n) is 22.0. The highest BCUT2D eigenvalue weighted by molar-refractivity contribution is 7.99. The van der Waals surface area contributed by atoms with Crippen LogP contribution >= 0.6 is 11.8 Å². The number of hydrogen-bond acceptors (Lipinski definition) is 14. The van der Waals surface area contributed by atoms with Crippen molar-refractivity contribution in [2.75, 3.05) is 53.0 Å². The number of esters is 1. The minimum Gasteiger partial charge on any atom is -0.507 e. The molecule has 342 valence electrons. The lowest BCUT2D eigenvalue weighted by molar-refractivity contribution is -0.151. The van der Waals surface area contributed by atoms with Gasteiger partial charge in [-0.15, -0.1) is 0 Å². The van der Waals surface area contributed by atoms with E-state index in [1.807, 2.05) is 38.2 Å². The Hall–Kier alpha value is -5.66. The summed E-state index contributed by atoms with van der Waals surface area (Å²) >= 11 is 1.55. The normalized spacial score (nSPS) is 22.0. The molecule has 0 aromatic heterocycles. The lowest BCUT2D eigenvalue weighted by atomic mass is 9.71. The maximum absolute atomic E-state index is 14.6. The number of amides is 1. The zero-order valence-corrected chi connectivity index (χ0v) is 38.9. The molecular weight excluding hydrogens is 849 g/mol. The summed E-state index contributed by atoms with van der Waals surface area (Å²) in [7, 11) is 5.20. The topological polar surface area (TPSA) is 161 Å². The Morgan fingerprint density at radius 2 is 1.68 bits per heavy atom. The van der Waals surface area contributed by atoms with Gasteiger partial charge in [0.1, 0.15) is 30.0 Å². The summed E-state index contributed by atoms with van der Waals surface area (Å²) < 4.78 is 41.8. The van der Waals surface area contributed by atoms with Crippen LogP contribution in [0, 0.1) is 25.2 Å². The van der Waals surface area contributed by atoms with Crippen molar-refractivity contribution in [2.24, 2.45) is 0 Å². The predicted molar refractivity (Wildman–Crippen MR) is 244 cm³/mol. The van der Waals surface area contributed by atoms with E-state index in [0.29, 0.717) is 58.3 Å². The number of phenolic OH excluding ortho intramolecular Hbond substituents is 1. The van der Waals surface area contributed by atoms with E-state index in [1.165, 1.54) is 22.3 Å². The highest BCUT2D eigenvalue weighted by atomic mass is 32.2. The van der Waals surface area contributed by atoms with Gasteiger partial charge < -0.3 is 43.6 Å². The van der Waals surface area contributed by atoms with Crippen molar-refractivity contribution in [1.82, 2.24) is 15.1 Å². The number of phenols is 1. The van der Waals surface area contributed by atoms with E-state index in [4.69, 9.17) is 33.2 Å². The van der Waals surface area contributed by atoms with Gasteiger partial charge in [0, 0.05) is 58.9 Å². The van der Waals surface area contributed by atoms with E-state index in [-0.39, 0.29) is 49.7 Å². The smallest absolute Gasteiger partial charge is 0.408 e.